The number of rotatable bonds is 4. The molecule has 0 spiro atoms. The molecule has 0 saturated heterocycles. The van der Waals surface area contributed by atoms with Gasteiger partial charge in [0.15, 0.2) is 5.52 Å². The highest BCUT2D eigenvalue weighted by Gasteiger charge is 2.16. The molecule has 0 heterocycles. The Balaban J connectivity index is 2.36. The molecular formula is C19H23O2P. The van der Waals surface area contributed by atoms with Crippen molar-refractivity contribution in [2.75, 3.05) is 7.11 Å². The quantitative estimate of drug-likeness (QED) is 0.783. The van der Waals surface area contributed by atoms with Crippen LogP contribution in [-0.2, 0) is 0 Å². The van der Waals surface area contributed by atoms with Crippen molar-refractivity contribution >= 4 is 19.4 Å². The third-order valence-electron chi connectivity index (χ3n) is 4.27. The van der Waals surface area contributed by atoms with E-state index in [2.05, 4.69) is 19.9 Å². The molecular weight excluding hydrogens is 291 g/mol. The van der Waals surface area contributed by atoms with Gasteiger partial charge in [-0.15, -0.1) is 0 Å². The summed E-state index contributed by atoms with van der Waals surface area (Å²) in [4.78, 5) is 12.8. The minimum atomic E-state index is 0.144. The average molecular weight is 314 g/mol. The first-order chi connectivity index (χ1) is 10.3. The Labute approximate surface area is 134 Å². The van der Waals surface area contributed by atoms with Crippen molar-refractivity contribution in [3.8, 4) is 5.75 Å². The highest BCUT2D eigenvalue weighted by molar-refractivity contribution is 7.66. The number of benzene rings is 2. The SMILES string of the molecule is COc1ccc(PC(=O)c2c(C)cc(C)c(C)c2C)c(C)c1. The lowest BCUT2D eigenvalue weighted by molar-refractivity contribution is 0.108. The molecule has 116 valence electrons. The van der Waals surface area contributed by atoms with Gasteiger partial charge >= 0.3 is 0 Å². The summed E-state index contributed by atoms with van der Waals surface area (Å²) in [6, 6.07) is 8.01. The third-order valence-corrected chi connectivity index (χ3v) is 5.57. The monoisotopic (exact) mass is 314 g/mol. The summed E-state index contributed by atoms with van der Waals surface area (Å²) in [5.74, 6) is 0.831. The number of carbonyl (C=O) groups is 1. The highest BCUT2D eigenvalue weighted by Crippen LogP contribution is 2.29. The second-order valence-electron chi connectivity index (χ2n) is 5.77. The molecule has 2 aromatic carbocycles. The summed E-state index contributed by atoms with van der Waals surface area (Å²) in [7, 11) is 1.80. The van der Waals surface area contributed by atoms with Crippen LogP contribution in [0.25, 0.3) is 0 Å². The van der Waals surface area contributed by atoms with E-state index in [1.54, 1.807) is 7.11 Å². The van der Waals surface area contributed by atoms with Crippen LogP contribution in [0, 0.1) is 34.6 Å². The van der Waals surface area contributed by atoms with Crippen LogP contribution in [-0.4, -0.2) is 12.6 Å². The van der Waals surface area contributed by atoms with Gasteiger partial charge in [-0.05, 0) is 88.5 Å². The maximum absolute atomic E-state index is 12.8. The minimum absolute atomic E-state index is 0.144. The summed E-state index contributed by atoms with van der Waals surface area (Å²) in [5, 5.41) is 1.09. The van der Waals surface area contributed by atoms with Gasteiger partial charge in [-0.2, -0.15) is 0 Å². The van der Waals surface area contributed by atoms with Crippen LogP contribution < -0.4 is 10.0 Å². The lowest BCUT2D eigenvalue weighted by Crippen LogP contribution is -2.09. The molecule has 0 bridgehead atoms. The zero-order chi connectivity index (χ0) is 16.4. The predicted molar refractivity (Wildman–Crippen MR) is 95.4 cm³/mol. The first-order valence-corrected chi connectivity index (χ1v) is 8.38. The summed E-state index contributed by atoms with van der Waals surface area (Å²) >= 11 is 0. The molecule has 0 amide bonds. The van der Waals surface area contributed by atoms with Crippen molar-refractivity contribution < 1.29 is 9.53 Å². The first kappa shape index (κ1) is 16.7. The van der Waals surface area contributed by atoms with Crippen molar-refractivity contribution in [1.82, 2.24) is 0 Å². The number of carbonyl (C=O) groups excluding carboxylic acids is 1. The highest BCUT2D eigenvalue weighted by atomic mass is 31.1. The zero-order valence-electron chi connectivity index (χ0n) is 14.1. The van der Waals surface area contributed by atoms with E-state index >= 15 is 0 Å². The second kappa shape index (κ2) is 6.62. The summed E-state index contributed by atoms with van der Waals surface area (Å²) in [5.41, 5.74) is 6.85. The Morgan fingerprint density at radius 2 is 1.59 bits per heavy atom. The molecule has 0 radical (unpaired) electrons. The minimum Gasteiger partial charge on any atom is -0.497 e. The molecule has 2 aromatic rings. The number of hydrogen-bond donors (Lipinski definition) is 0. The van der Waals surface area contributed by atoms with Gasteiger partial charge in [0, 0.05) is 5.56 Å². The second-order valence-corrected chi connectivity index (χ2v) is 7.01. The van der Waals surface area contributed by atoms with E-state index in [9.17, 15) is 4.79 Å². The maximum Gasteiger partial charge on any atom is 0.186 e. The Hall–Kier alpha value is -1.66. The fourth-order valence-corrected chi connectivity index (χ4v) is 3.91. The standard InChI is InChI=1S/C19H23O2P/c1-11-9-13(3)18(15(5)14(11)4)19(20)22-17-8-7-16(21-6)10-12(17)2/h7-10,22H,1-6H3. The van der Waals surface area contributed by atoms with E-state index in [4.69, 9.17) is 4.74 Å². The average Bonchev–Trinajstić information content (AvgIpc) is 2.47. The molecule has 1 unspecified atom stereocenters. The van der Waals surface area contributed by atoms with Gasteiger partial charge in [0.05, 0.1) is 7.11 Å². The number of aryl methyl sites for hydroxylation is 3. The summed E-state index contributed by atoms with van der Waals surface area (Å²) in [6.07, 6.45) is 0. The number of ether oxygens (including phenoxy) is 1. The molecule has 0 aliphatic heterocycles. The van der Waals surface area contributed by atoms with Gasteiger partial charge in [-0.3, -0.25) is 4.79 Å². The lowest BCUT2D eigenvalue weighted by Gasteiger charge is -2.15. The molecule has 0 N–H and O–H groups in total. The fraction of sp³-hybridized carbons (Fsp3) is 0.316. The molecule has 0 aliphatic rings. The van der Waals surface area contributed by atoms with Crippen LogP contribution in [0.4, 0.5) is 0 Å². The Kier molecular flexibility index (Phi) is 5.03. The molecule has 3 heteroatoms. The maximum atomic E-state index is 12.8. The lowest BCUT2D eigenvalue weighted by atomic mass is 9.95. The van der Waals surface area contributed by atoms with E-state index < -0.39 is 0 Å². The van der Waals surface area contributed by atoms with Crippen molar-refractivity contribution in [2.24, 2.45) is 0 Å². The molecule has 0 aliphatic carbocycles. The molecule has 0 fully saturated rings. The Morgan fingerprint density at radius 1 is 0.909 bits per heavy atom. The fourth-order valence-electron chi connectivity index (χ4n) is 2.72. The topological polar surface area (TPSA) is 26.3 Å². The van der Waals surface area contributed by atoms with Crippen LogP contribution in [0.3, 0.4) is 0 Å². The molecule has 1 atom stereocenters. The first-order valence-electron chi connectivity index (χ1n) is 7.38. The van der Waals surface area contributed by atoms with E-state index in [1.165, 1.54) is 11.1 Å². The van der Waals surface area contributed by atoms with Crippen LogP contribution in [0.2, 0.25) is 0 Å². The largest absolute Gasteiger partial charge is 0.497 e. The van der Waals surface area contributed by atoms with E-state index in [0.29, 0.717) is 0 Å². The van der Waals surface area contributed by atoms with E-state index in [0.717, 1.165) is 33.3 Å². The van der Waals surface area contributed by atoms with Crippen LogP contribution in [0.5, 0.6) is 5.75 Å². The summed E-state index contributed by atoms with van der Waals surface area (Å²) in [6.45, 7) is 10.3. The van der Waals surface area contributed by atoms with Gasteiger partial charge in [0.1, 0.15) is 5.75 Å². The predicted octanol–water partition coefficient (Wildman–Crippen LogP) is 4.38. The molecule has 2 rings (SSSR count). The molecule has 0 aromatic heterocycles. The molecule has 2 nitrogen and oxygen atoms in total. The number of methoxy groups -OCH3 is 1. The smallest absolute Gasteiger partial charge is 0.186 e. The zero-order valence-corrected chi connectivity index (χ0v) is 15.1. The van der Waals surface area contributed by atoms with Crippen LogP contribution in [0.15, 0.2) is 24.3 Å². The van der Waals surface area contributed by atoms with Crippen molar-refractivity contribution in [2.45, 2.75) is 34.6 Å². The van der Waals surface area contributed by atoms with E-state index in [1.807, 2.05) is 39.0 Å². The van der Waals surface area contributed by atoms with Gasteiger partial charge < -0.3 is 4.74 Å². The van der Waals surface area contributed by atoms with Gasteiger partial charge in [-0.25, -0.2) is 0 Å². The summed E-state index contributed by atoms with van der Waals surface area (Å²) < 4.78 is 5.22. The van der Waals surface area contributed by atoms with Gasteiger partial charge in [-0.1, -0.05) is 12.1 Å². The Morgan fingerprint density at radius 3 is 2.18 bits per heavy atom. The van der Waals surface area contributed by atoms with E-state index in [-0.39, 0.29) is 14.1 Å². The molecule has 0 saturated carbocycles. The molecule has 22 heavy (non-hydrogen) atoms. The Bertz CT molecular complexity index is 733. The van der Waals surface area contributed by atoms with Crippen molar-refractivity contribution in [3.63, 3.8) is 0 Å². The van der Waals surface area contributed by atoms with Gasteiger partial charge in [0.2, 0.25) is 0 Å². The van der Waals surface area contributed by atoms with Crippen molar-refractivity contribution in [3.05, 3.63) is 57.6 Å². The van der Waals surface area contributed by atoms with Gasteiger partial charge in [0.25, 0.3) is 0 Å². The van der Waals surface area contributed by atoms with Crippen molar-refractivity contribution in [1.29, 1.82) is 0 Å². The normalized spacial score (nSPS) is 11.2. The van der Waals surface area contributed by atoms with Crippen LogP contribution in [0.1, 0.15) is 38.2 Å². The van der Waals surface area contributed by atoms with Crippen LogP contribution >= 0.6 is 8.58 Å². The number of hydrogen-bond acceptors (Lipinski definition) is 2. The third kappa shape index (κ3) is 3.23.